The van der Waals surface area contributed by atoms with Gasteiger partial charge in [-0.1, -0.05) is 6.42 Å². The van der Waals surface area contributed by atoms with Gasteiger partial charge in [-0.3, -0.25) is 4.79 Å². The molecule has 5 nitrogen and oxygen atoms in total. The molecule has 2 bridgehead atoms. The minimum absolute atomic E-state index is 0.0493. The van der Waals surface area contributed by atoms with Gasteiger partial charge in [-0.2, -0.15) is 5.10 Å². The molecule has 1 amide bonds. The zero-order chi connectivity index (χ0) is 14.3. The van der Waals surface area contributed by atoms with E-state index < -0.39 is 0 Å². The van der Waals surface area contributed by atoms with Crippen LogP contribution >= 0.6 is 0 Å². The molecule has 3 rings (SSSR count). The molecule has 5 heteroatoms. The first-order valence-electron chi connectivity index (χ1n) is 7.70. The lowest BCUT2D eigenvalue weighted by Crippen LogP contribution is -2.41. The van der Waals surface area contributed by atoms with Crippen LogP contribution in [0.3, 0.4) is 0 Å². The van der Waals surface area contributed by atoms with Gasteiger partial charge in [0.25, 0.3) is 0 Å². The third kappa shape index (κ3) is 2.58. The van der Waals surface area contributed by atoms with E-state index in [9.17, 15) is 4.79 Å². The zero-order valence-corrected chi connectivity index (χ0v) is 12.6. The highest BCUT2D eigenvalue weighted by molar-refractivity contribution is 5.76. The fraction of sp³-hybridized carbons (Fsp3) is 0.800. The van der Waals surface area contributed by atoms with Crippen LogP contribution in [-0.4, -0.2) is 26.7 Å². The Hall–Kier alpha value is -1.39. The van der Waals surface area contributed by atoms with Crippen LogP contribution in [-0.2, 0) is 11.3 Å². The number of nitrogens with zero attached hydrogens (tertiary/aromatic N) is 3. The normalized spacial score (nSPS) is 29.6. The number of carbonyl (C=O) groups is 1. The summed E-state index contributed by atoms with van der Waals surface area (Å²) in [5, 5.41) is 7.40. The van der Waals surface area contributed by atoms with Crippen LogP contribution in [0.15, 0.2) is 0 Å². The summed E-state index contributed by atoms with van der Waals surface area (Å²) in [6.07, 6.45) is 5.44. The molecule has 20 heavy (non-hydrogen) atoms. The Kier molecular flexibility index (Phi) is 3.52. The monoisotopic (exact) mass is 276 g/mol. The average molecular weight is 276 g/mol. The second kappa shape index (κ2) is 5.19. The standard InChI is InChI=1S/C15H24N4O/c1-9(14-7-12-4-5-13(14)6-12)16-15(20)8-19-11(3)17-10(2)18-19/h9,12-14H,4-8H2,1-3H3,(H,16,20)/t9-,12+,13+,14+/m1/s1. The highest BCUT2D eigenvalue weighted by Gasteiger charge is 2.42. The van der Waals surface area contributed by atoms with Gasteiger partial charge in [-0.15, -0.1) is 0 Å². The van der Waals surface area contributed by atoms with Crippen molar-refractivity contribution in [3.63, 3.8) is 0 Å². The van der Waals surface area contributed by atoms with Crippen molar-refractivity contribution in [1.29, 1.82) is 0 Å². The van der Waals surface area contributed by atoms with Crippen LogP contribution in [0, 0.1) is 31.6 Å². The Labute approximate surface area is 120 Å². The van der Waals surface area contributed by atoms with E-state index in [0.29, 0.717) is 5.92 Å². The van der Waals surface area contributed by atoms with Gasteiger partial charge in [0, 0.05) is 6.04 Å². The summed E-state index contributed by atoms with van der Waals surface area (Å²) in [7, 11) is 0. The summed E-state index contributed by atoms with van der Waals surface area (Å²) < 4.78 is 1.68. The molecule has 2 fully saturated rings. The predicted octanol–water partition coefficient (Wildman–Crippen LogP) is 1.84. The van der Waals surface area contributed by atoms with Gasteiger partial charge in [0.2, 0.25) is 5.91 Å². The summed E-state index contributed by atoms with van der Waals surface area (Å²) >= 11 is 0. The molecule has 1 aromatic heterocycles. The van der Waals surface area contributed by atoms with Gasteiger partial charge in [-0.25, -0.2) is 9.67 Å². The quantitative estimate of drug-likeness (QED) is 0.912. The number of aryl methyl sites for hydroxylation is 2. The fourth-order valence-corrected chi connectivity index (χ4v) is 4.16. The third-order valence-electron chi connectivity index (χ3n) is 5.08. The molecule has 2 aliphatic carbocycles. The van der Waals surface area contributed by atoms with Crippen molar-refractivity contribution in [2.45, 2.75) is 59.0 Å². The maximum absolute atomic E-state index is 12.1. The summed E-state index contributed by atoms with van der Waals surface area (Å²) in [5.41, 5.74) is 0. The second-order valence-electron chi connectivity index (χ2n) is 6.56. The molecule has 0 radical (unpaired) electrons. The molecule has 0 unspecified atom stereocenters. The van der Waals surface area contributed by atoms with Crippen LogP contribution in [0.4, 0.5) is 0 Å². The molecule has 0 aromatic carbocycles. The number of hydrogen-bond donors (Lipinski definition) is 1. The van der Waals surface area contributed by atoms with Gasteiger partial charge in [0.05, 0.1) is 0 Å². The second-order valence-corrected chi connectivity index (χ2v) is 6.56. The van der Waals surface area contributed by atoms with E-state index in [2.05, 4.69) is 22.3 Å². The first-order valence-corrected chi connectivity index (χ1v) is 7.70. The Morgan fingerprint density at radius 3 is 2.75 bits per heavy atom. The molecule has 110 valence electrons. The number of hydrogen-bond acceptors (Lipinski definition) is 3. The molecular weight excluding hydrogens is 252 g/mol. The SMILES string of the molecule is Cc1nc(C)n(CC(=O)N[C@H](C)[C@@H]2C[C@H]3CC[C@H]2C3)n1. The van der Waals surface area contributed by atoms with Gasteiger partial charge in [0.1, 0.15) is 18.2 Å². The van der Waals surface area contributed by atoms with Crippen LogP contribution in [0.5, 0.6) is 0 Å². The van der Waals surface area contributed by atoms with Crippen molar-refractivity contribution in [3.05, 3.63) is 11.6 Å². The van der Waals surface area contributed by atoms with Crippen LogP contribution in [0.25, 0.3) is 0 Å². The van der Waals surface area contributed by atoms with Gasteiger partial charge in [-0.05, 0) is 57.8 Å². The van der Waals surface area contributed by atoms with E-state index in [1.165, 1.54) is 25.7 Å². The molecule has 2 saturated carbocycles. The van der Waals surface area contributed by atoms with Gasteiger partial charge >= 0.3 is 0 Å². The van der Waals surface area contributed by atoms with Crippen molar-refractivity contribution in [1.82, 2.24) is 20.1 Å². The molecule has 0 saturated heterocycles. The van der Waals surface area contributed by atoms with Crippen LogP contribution in [0.2, 0.25) is 0 Å². The van der Waals surface area contributed by atoms with Crippen molar-refractivity contribution >= 4 is 5.91 Å². The lowest BCUT2D eigenvalue weighted by molar-refractivity contribution is -0.123. The topological polar surface area (TPSA) is 59.8 Å². The summed E-state index contributed by atoms with van der Waals surface area (Å²) in [6, 6.07) is 0.280. The number of aromatic nitrogens is 3. The molecule has 2 aliphatic rings. The highest BCUT2D eigenvalue weighted by Crippen LogP contribution is 2.49. The van der Waals surface area contributed by atoms with Crippen molar-refractivity contribution in [2.75, 3.05) is 0 Å². The highest BCUT2D eigenvalue weighted by atomic mass is 16.2. The van der Waals surface area contributed by atoms with Gasteiger partial charge < -0.3 is 5.32 Å². The van der Waals surface area contributed by atoms with E-state index in [0.717, 1.165) is 23.5 Å². The molecule has 1 N–H and O–H groups in total. The smallest absolute Gasteiger partial charge is 0.242 e. The van der Waals surface area contributed by atoms with Crippen LogP contribution in [0.1, 0.15) is 44.3 Å². The maximum Gasteiger partial charge on any atom is 0.242 e. The number of rotatable bonds is 4. The third-order valence-corrected chi connectivity index (χ3v) is 5.08. The molecule has 0 spiro atoms. The molecule has 1 heterocycles. The summed E-state index contributed by atoms with van der Waals surface area (Å²) in [5.74, 6) is 4.00. The fourth-order valence-electron chi connectivity index (χ4n) is 4.16. The summed E-state index contributed by atoms with van der Waals surface area (Å²) in [6.45, 7) is 6.16. The average Bonchev–Trinajstić information content (AvgIpc) is 3.05. The van der Waals surface area contributed by atoms with Crippen molar-refractivity contribution in [3.8, 4) is 0 Å². The van der Waals surface area contributed by atoms with E-state index in [-0.39, 0.29) is 18.5 Å². The molecule has 4 atom stereocenters. The Morgan fingerprint density at radius 2 is 2.20 bits per heavy atom. The first-order chi connectivity index (χ1) is 9.52. The van der Waals surface area contributed by atoms with E-state index in [1.54, 1.807) is 4.68 Å². The molecule has 1 aromatic rings. The minimum Gasteiger partial charge on any atom is -0.352 e. The minimum atomic E-state index is 0.0493. The summed E-state index contributed by atoms with van der Waals surface area (Å²) in [4.78, 5) is 16.4. The Bertz CT molecular complexity index is 510. The number of amides is 1. The largest absolute Gasteiger partial charge is 0.352 e. The Morgan fingerprint density at radius 1 is 1.40 bits per heavy atom. The van der Waals surface area contributed by atoms with Gasteiger partial charge in [0.15, 0.2) is 0 Å². The lowest BCUT2D eigenvalue weighted by Gasteiger charge is -2.28. The molecule has 0 aliphatic heterocycles. The van der Waals surface area contributed by atoms with Crippen molar-refractivity contribution < 1.29 is 4.79 Å². The molecular formula is C15H24N4O. The number of fused-ring (bicyclic) bond motifs is 2. The number of carbonyl (C=O) groups excluding carboxylic acids is 1. The number of nitrogens with one attached hydrogen (secondary N) is 1. The lowest BCUT2D eigenvalue weighted by atomic mass is 9.84. The van der Waals surface area contributed by atoms with E-state index in [4.69, 9.17) is 0 Å². The van der Waals surface area contributed by atoms with E-state index in [1.807, 2.05) is 13.8 Å². The zero-order valence-electron chi connectivity index (χ0n) is 12.6. The maximum atomic E-state index is 12.1. The Balaban J connectivity index is 1.55. The van der Waals surface area contributed by atoms with Crippen LogP contribution < -0.4 is 5.32 Å². The first kappa shape index (κ1) is 13.6. The van der Waals surface area contributed by atoms with E-state index >= 15 is 0 Å². The predicted molar refractivity (Wildman–Crippen MR) is 76.0 cm³/mol. The van der Waals surface area contributed by atoms with Crippen molar-refractivity contribution in [2.24, 2.45) is 17.8 Å².